The minimum Gasteiger partial charge on any atom is -0.337 e. The van der Waals surface area contributed by atoms with E-state index in [2.05, 4.69) is 21.2 Å². The zero-order chi connectivity index (χ0) is 14.5. The van der Waals surface area contributed by atoms with Crippen molar-refractivity contribution in [1.29, 1.82) is 0 Å². The molecule has 0 bridgehead atoms. The van der Waals surface area contributed by atoms with Crippen LogP contribution in [0.3, 0.4) is 0 Å². The van der Waals surface area contributed by atoms with Crippen LogP contribution in [-0.2, 0) is 0 Å². The number of carbonyl (C=O) groups excluding carboxylic acids is 1. The fourth-order valence-corrected chi connectivity index (χ4v) is 3.01. The van der Waals surface area contributed by atoms with Crippen LogP contribution in [0.5, 0.6) is 0 Å². The first kappa shape index (κ1) is 15.8. The third kappa shape index (κ3) is 3.96. The van der Waals surface area contributed by atoms with Gasteiger partial charge in [0.2, 0.25) is 0 Å². The SMILES string of the molecule is CCN(CC1CCCCN1)C(=O)c1ccc(Cl)c(Br)c1. The lowest BCUT2D eigenvalue weighted by Gasteiger charge is -2.30. The molecule has 1 heterocycles. The molecule has 1 aliphatic rings. The molecule has 1 aromatic rings. The summed E-state index contributed by atoms with van der Waals surface area (Å²) in [6.07, 6.45) is 3.63. The molecular weight excluding hydrogens is 340 g/mol. The quantitative estimate of drug-likeness (QED) is 0.889. The second-order valence-electron chi connectivity index (χ2n) is 5.12. The van der Waals surface area contributed by atoms with Crippen molar-refractivity contribution >= 4 is 33.4 Å². The predicted octanol–water partition coefficient (Wildman–Crippen LogP) is 3.71. The molecule has 0 saturated carbocycles. The minimum absolute atomic E-state index is 0.0669. The number of likely N-dealkylation sites (N-methyl/N-ethyl adjacent to an activating group) is 1. The average Bonchev–Trinajstić information content (AvgIpc) is 2.48. The Morgan fingerprint density at radius 2 is 2.30 bits per heavy atom. The topological polar surface area (TPSA) is 32.3 Å². The highest BCUT2D eigenvalue weighted by Crippen LogP contribution is 2.24. The first-order valence-electron chi connectivity index (χ1n) is 7.09. The van der Waals surface area contributed by atoms with Crippen molar-refractivity contribution in [3.63, 3.8) is 0 Å². The fourth-order valence-electron chi connectivity index (χ4n) is 2.51. The van der Waals surface area contributed by atoms with Crippen molar-refractivity contribution in [2.45, 2.75) is 32.2 Å². The number of amides is 1. The Balaban J connectivity index is 2.05. The van der Waals surface area contributed by atoms with Crippen molar-refractivity contribution in [1.82, 2.24) is 10.2 Å². The van der Waals surface area contributed by atoms with Gasteiger partial charge in [-0.3, -0.25) is 4.79 Å². The van der Waals surface area contributed by atoms with E-state index in [0.717, 1.165) is 30.5 Å². The maximum atomic E-state index is 12.5. The van der Waals surface area contributed by atoms with Crippen LogP contribution in [0.4, 0.5) is 0 Å². The number of halogens is 2. The Labute approximate surface area is 133 Å². The monoisotopic (exact) mass is 358 g/mol. The van der Waals surface area contributed by atoms with Crippen molar-refractivity contribution in [3.8, 4) is 0 Å². The molecule has 0 aliphatic carbocycles. The molecule has 3 nitrogen and oxygen atoms in total. The lowest BCUT2D eigenvalue weighted by molar-refractivity contribution is 0.0741. The summed E-state index contributed by atoms with van der Waals surface area (Å²) >= 11 is 9.34. The number of nitrogens with zero attached hydrogens (tertiary/aromatic N) is 1. The Bertz CT molecular complexity index is 475. The van der Waals surface area contributed by atoms with Crippen LogP contribution in [-0.4, -0.2) is 36.5 Å². The maximum Gasteiger partial charge on any atom is 0.253 e. The van der Waals surface area contributed by atoms with E-state index in [4.69, 9.17) is 11.6 Å². The molecule has 1 N–H and O–H groups in total. The zero-order valence-electron chi connectivity index (χ0n) is 11.7. The highest BCUT2D eigenvalue weighted by atomic mass is 79.9. The van der Waals surface area contributed by atoms with Gasteiger partial charge in [0, 0.05) is 29.2 Å². The molecule has 0 spiro atoms. The van der Waals surface area contributed by atoms with E-state index in [0.29, 0.717) is 16.6 Å². The summed E-state index contributed by atoms with van der Waals surface area (Å²) in [5.74, 6) is 0.0669. The Morgan fingerprint density at radius 1 is 1.50 bits per heavy atom. The number of hydrogen-bond acceptors (Lipinski definition) is 2. The van der Waals surface area contributed by atoms with Gasteiger partial charge in [-0.15, -0.1) is 0 Å². The number of hydrogen-bond donors (Lipinski definition) is 1. The Hall–Kier alpha value is -0.580. The van der Waals surface area contributed by atoms with E-state index in [1.165, 1.54) is 12.8 Å². The molecule has 110 valence electrons. The number of rotatable bonds is 4. The standard InChI is InChI=1S/C15H20BrClN2O/c1-2-19(10-12-5-3-4-8-18-12)15(20)11-6-7-14(17)13(16)9-11/h6-7,9,12,18H,2-5,8,10H2,1H3. The van der Waals surface area contributed by atoms with Gasteiger partial charge in [-0.2, -0.15) is 0 Å². The molecule has 0 aromatic heterocycles. The van der Waals surface area contributed by atoms with Crippen LogP contribution in [0.25, 0.3) is 0 Å². The molecule has 1 amide bonds. The normalized spacial score (nSPS) is 18.9. The van der Waals surface area contributed by atoms with Crippen LogP contribution in [0, 0.1) is 0 Å². The number of piperidine rings is 1. The summed E-state index contributed by atoms with van der Waals surface area (Å²) in [5, 5.41) is 4.11. The highest BCUT2D eigenvalue weighted by Gasteiger charge is 2.20. The molecule has 1 unspecified atom stereocenters. The number of nitrogens with one attached hydrogen (secondary N) is 1. The summed E-state index contributed by atoms with van der Waals surface area (Å²) in [5.41, 5.74) is 0.680. The first-order chi connectivity index (χ1) is 9.61. The Morgan fingerprint density at radius 3 is 2.90 bits per heavy atom. The van der Waals surface area contributed by atoms with Crippen molar-refractivity contribution < 1.29 is 4.79 Å². The molecule has 0 radical (unpaired) electrons. The van der Waals surface area contributed by atoms with Gasteiger partial charge >= 0.3 is 0 Å². The fraction of sp³-hybridized carbons (Fsp3) is 0.533. The second kappa shape index (κ2) is 7.43. The first-order valence-corrected chi connectivity index (χ1v) is 8.26. The predicted molar refractivity (Wildman–Crippen MR) is 86.4 cm³/mol. The van der Waals surface area contributed by atoms with Crippen LogP contribution in [0.2, 0.25) is 5.02 Å². The summed E-state index contributed by atoms with van der Waals surface area (Å²) in [4.78, 5) is 14.4. The van der Waals surface area contributed by atoms with Crippen molar-refractivity contribution in [2.24, 2.45) is 0 Å². The van der Waals surface area contributed by atoms with E-state index in [-0.39, 0.29) is 5.91 Å². The maximum absolute atomic E-state index is 12.5. The molecular formula is C15H20BrClN2O. The summed E-state index contributed by atoms with van der Waals surface area (Å²) < 4.78 is 0.761. The van der Waals surface area contributed by atoms with E-state index < -0.39 is 0 Å². The third-order valence-corrected chi connectivity index (χ3v) is 4.90. The molecule has 1 fully saturated rings. The van der Waals surface area contributed by atoms with E-state index in [9.17, 15) is 4.79 Å². The lowest BCUT2D eigenvalue weighted by Crippen LogP contribution is -2.45. The van der Waals surface area contributed by atoms with E-state index in [1.807, 2.05) is 11.8 Å². The number of benzene rings is 1. The Kier molecular flexibility index (Phi) is 5.87. The lowest BCUT2D eigenvalue weighted by atomic mass is 10.0. The largest absolute Gasteiger partial charge is 0.337 e. The van der Waals surface area contributed by atoms with Crippen molar-refractivity contribution in [3.05, 3.63) is 33.3 Å². The smallest absolute Gasteiger partial charge is 0.253 e. The van der Waals surface area contributed by atoms with Gasteiger partial charge in [-0.1, -0.05) is 18.0 Å². The van der Waals surface area contributed by atoms with Gasteiger partial charge in [0.25, 0.3) is 5.91 Å². The average molecular weight is 360 g/mol. The molecule has 5 heteroatoms. The van der Waals surface area contributed by atoms with Gasteiger partial charge in [-0.05, 0) is 60.4 Å². The highest BCUT2D eigenvalue weighted by molar-refractivity contribution is 9.10. The van der Waals surface area contributed by atoms with Gasteiger partial charge in [-0.25, -0.2) is 0 Å². The molecule has 1 atom stereocenters. The van der Waals surface area contributed by atoms with Crippen LogP contribution < -0.4 is 5.32 Å². The minimum atomic E-state index is 0.0669. The molecule has 1 aromatic carbocycles. The van der Waals surface area contributed by atoms with Crippen LogP contribution in [0.1, 0.15) is 36.5 Å². The molecule has 1 saturated heterocycles. The van der Waals surface area contributed by atoms with Gasteiger partial charge < -0.3 is 10.2 Å². The number of carbonyl (C=O) groups is 1. The van der Waals surface area contributed by atoms with Gasteiger partial charge in [0.05, 0.1) is 5.02 Å². The third-order valence-electron chi connectivity index (χ3n) is 3.69. The summed E-state index contributed by atoms with van der Waals surface area (Å²) in [6.45, 7) is 4.57. The van der Waals surface area contributed by atoms with Crippen LogP contribution in [0.15, 0.2) is 22.7 Å². The molecule has 20 heavy (non-hydrogen) atoms. The summed E-state index contributed by atoms with van der Waals surface area (Å²) in [6, 6.07) is 5.75. The summed E-state index contributed by atoms with van der Waals surface area (Å²) in [7, 11) is 0. The molecule has 2 rings (SSSR count). The van der Waals surface area contributed by atoms with Crippen molar-refractivity contribution in [2.75, 3.05) is 19.6 Å². The van der Waals surface area contributed by atoms with Crippen LogP contribution >= 0.6 is 27.5 Å². The zero-order valence-corrected chi connectivity index (χ0v) is 14.0. The van der Waals surface area contributed by atoms with E-state index in [1.54, 1.807) is 18.2 Å². The molecule has 1 aliphatic heterocycles. The second-order valence-corrected chi connectivity index (χ2v) is 6.38. The van der Waals surface area contributed by atoms with Gasteiger partial charge in [0.1, 0.15) is 0 Å². The van der Waals surface area contributed by atoms with Gasteiger partial charge in [0.15, 0.2) is 0 Å². The van der Waals surface area contributed by atoms with E-state index >= 15 is 0 Å².